The largest absolute Gasteiger partial charge is 0.373 e. The molecule has 0 bridgehead atoms. The van der Waals surface area contributed by atoms with Crippen molar-refractivity contribution in [1.29, 1.82) is 0 Å². The van der Waals surface area contributed by atoms with Gasteiger partial charge in [-0.15, -0.1) is 0 Å². The van der Waals surface area contributed by atoms with Crippen molar-refractivity contribution < 1.29 is 5.11 Å². The number of nitrogens with zero attached hydrogens (tertiary/aromatic N) is 1. The highest BCUT2D eigenvalue weighted by Crippen LogP contribution is 2.39. The number of aliphatic hydroxyl groups is 1. The van der Waals surface area contributed by atoms with E-state index in [1.165, 1.54) is 19.3 Å². The SMILES string of the molecule is CCN(CC)CCC#C[C@@](O)(c1ccccc1)C1CCCCC1. The van der Waals surface area contributed by atoms with Gasteiger partial charge >= 0.3 is 0 Å². The first-order valence-electron chi connectivity index (χ1n) is 9.21. The molecule has 23 heavy (non-hydrogen) atoms. The Balaban J connectivity index is 2.14. The van der Waals surface area contributed by atoms with Gasteiger partial charge in [0, 0.05) is 18.9 Å². The Hall–Kier alpha value is -1.30. The number of benzene rings is 1. The maximum Gasteiger partial charge on any atom is 0.153 e. The van der Waals surface area contributed by atoms with Gasteiger partial charge in [0.25, 0.3) is 0 Å². The summed E-state index contributed by atoms with van der Waals surface area (Å²) in [6.45, 7) is 7.46. The second-order valence-corrected chi connectivity index (χ2v) is 6.55. The fourth-order valence-corrected chi connectivity index (χ4v) is 3.57. The van der Waals surface area contributed by atoms with E-state index in [2.05, 4.69) is 30.6 Å². The average Bonchev–Trinajstić information content (AvgIpc) is 2.63. The van der Waals surface area contributed by atoms with E-state index >= 15 is 0 Å². The van der Waals surface area contributed by atoms with Crippen molar-refractivity contribution in [3.63, 3.8) is 0 Å². The Morgan fingerprint density at radius 3 is 2.35 bits per heavy atom. The maximum atomic E-state index is 11.4. The van der Waals surface area contributed by atoms with Crippen molar-refractivity contribution in [2.24, 2.45) is 5.92 Å². The second-order valence-electron chi connectivity index (χ2n) is 6.55. The van der Waals surface area contributed by atoms with E-state index < -0.39 is 5.60 Å². The number of rotatable bonds is 6. The molecule has 1 atom stereocenters. The molecule has 1 N–H and O–H groups in total. The molecule has 0 aromatic heterocycles. The molecule has 2 nitrogen and oxygen atoms in total. The minimum absolute atomic E-state index is 0.264. The quantitative estimate of drug-likeness (QED) is 0.796. The van der Waals surface area contributed by atoms with Crippen LogP contribution in [0.25, 0.3) is 0 Å². The Labute approximate surface area is 141 Å². The van der Waals surface area contributed by atoms with Gasteiger partial charge in [0.15, 0.2) is 5.60 Å². The number of hydrogen-bond donors (Lipinski definition) is 1. The molecule has 1 aliphatic rings. The fraction of sp³-hybridized carbons (Fsp3) is 0.619. The molecule has 1 fully saturated rings. The monoisotopic (exact) mass is 313 g/mol. The summed E-state index contributed by atoms with van der Waals surface area (Å²) in [6.07, 6.45) is 6.69. The lowest BCUT2D eigenvalue weighted by Gasteiger charge is -2.35. The van der Waals surface area contributed by atoms with Crippen molar-refractivity contribution in [2.45, 2.75) is 58.0 Å². The summed E-state index contributed by atoms with van der Waals surface area (Å²) >= 11 is 0. The molecule has 1 aromatic rings. The maximum absolute atomic E-state index is 11.4. The van der Waals surface area contributed by atoms with E-state index in [1.54, 1.807) is 0 Å². The highest BCUT2D eigenvalue weighted by Gasteiger charge is 2.37. The molecule has 2 rings (SSSR count). The van der Waals surface area contributed by atoms with Gasteiger partial charge in [-0.2, -0.15) is 0 Å². The molecule has 0 unspecified atom stereocenters. The summed E-state index contributed by atoms with van der Waals surface area (Å²) in [5.74, 6) is 6.81. The van der Waals surface area contributed by atoms with Crippen LogP contribution in [0.5, 0.6) is 0 Å². The summed E-state index contributed by atoms with van der Waals surface area (Å²) in [5.41, 5.74) is -0.0208. The standard InChI is InChI=1S/C21H31NO/c1-3-22(4-2)18-12-11-17-21(23,19-13-7-5-8-14-19)20-15-9-6-10-16-20/h5,7-8,13-14,20,23H,3-4,6,9-10,12,15-16,18H2,1-2H3/t21-/m1/s1. The van der Waals surface area contributed by atoms with Gasteiger partial charge in [0.05, 0.1) is 0 Å². The van der Waals surface area contributed by atoms with Crippen molar-refractivity contribution in [3.8, 4) is 11.8 Å². The van der Waals surface area contributed by atoms with Crippen LogP contribution in [-0.2, 0) is 5.60 Å². The third kappa shape index (κ3) is 4.83. The lowest BCUT2D eigenvalue weighted by atomic mass is 9.73. The second kappa shape index (κ2) is 9.11. The van der Waals surface area contributed by atoms with E-state index in [4.69, 9.17) is 0 Å². The summed E-state index contributed by atoms with van der Waals surface area (Å²) in [7, 11) is 0. The molecular weight excluding hydrogens is 282 g/mol. The summed E-state index contributed by atoms with van der Waals surface area (Å²) in [4.78, 5) is 2.37. The predicted molar refractivity (Wildman–Crippen MR) is 97.1 cm³/mol. The van der Waals surface area contributed by atoms with Gasteiger partial charge in [-0.05, 0) is 31.5 Å². The van der Waals surface area contributed by atoms with Crippen molar-refractivity contribution in [3.05, 3.63) is 35.9 Å². The zero-order valence-electron chi connectivity index (χ0n) is 14.7. The topological polar surface area (TPSA) is 23.5 Å². The Bertz CT molecular complexity index is 506. The van der Waals surface area contributed by atoms with E-state index in [0.29, 0.717) is 0 Å². The highest BCUT2D eigenvalue weighted by atomic mass is 16.3. The number of hydrogen-bond acceptors (Lipinski definition) is 2. The normalized spacial score (nSPS) is 18.3. The molecule has 0 spiro atoms. The van der Waals surface area contributed by atoms with Crippen LogP contribution in [0.2, 0.25) is 0 Å². The van der Waals surface area contributed by atoms with Gasteiger partial charge in [-0.25, -0.2) is 0 Å². The molecule has 0 radical (unpaired) electrons. The van der Waals surface area contributed by atoms with Gasteiger partial charge in [0.2, 0.25) is 0 Å². The minimum atomic E-state index is -0.981. The Morgan fingerprint density at radius 2 is 1.74 bits per heavy atom. The third-order valence-electron chi connectivity index (χ3n) is 5.14. The molecule has 1 aromatic carbocycles. The van der Waals surface area contributed by atoms with Crippen LogP contribution < -0.4 is 0 Å². The molecule has 2 heteroatoms. The zero-order chi connectivity index (χ0) is 16.5. The summed E-state index contributed by atoms with van der Waals surface area (Å²) in [5, 5.41) is 11.4. The van der Waals surface area contributed by atoms with E-state index in [9.17, 15) is 5.11 Å². The molecule has 1 saturated carbocycles. The van der Waals surface area contributed by atoms with Crippen LogP contribution in [0.15, 0.2) is 30.3 Å². The first kappa shape index (κ1) is 18.0. The third-order valence-corrected chi connectivity index (χ3v) is 5.14. The summed E-state index contributed by atoms with van der Waals surface area (Å²) < 4.78 is 0. The summed E-state index contributed by atoms with van der Waals surface area (Å²) in [6, 6.07) is 10.0. The van der Waals surface area contributed by atoms with Crippen LogP contribution in [0.1, 0.15) is 57.9 Å². The molecular formula is C21H31NO. The lowest BCUT2D eigenvalue weighted by molar-refractivity contribution is 0.0159. The Kier molecular flexibility index (Phi) is 7.15. The molecule has 0 aliphatic heterocycles. The van der Waals surface area contributed by atoms with E-state index in [1.807, 2.05) is 30.3 Å². The molecule has 0 saturated heterocycles. The smallest absolute Gasteiger partial charge is 0.153 e. The van der Waals surface area contributed by atoms with Gasteiger partial charge < -0.3 is 10.0 Å². The molecule has 0 amide bonds. The van der Waals surface area contributed by atoms with Crippen molar-refractivity contribution >= 4 is 0 Å². The van der Waals surface area contributed by atoms with Crippen LogP contribution in [0, 0.1) is 17.8 Å². The lowest BCUT2D eigenvalue weighted by Crippen LogP contribution is -2.35. The van der Waals surface area contributed by atoms with Crippen LogP contribution in [-0.4, -0.2) is 29.6 Å². The fourth-order valence-electron chi connectivity index (χ4n) is 3.57. The predicted octanol–water partition coefficient (Wildman–Crippen LogP) is 4.19. The first-order chi connectivity index (χ1) is 11.2. The van der Waals surface area contributed by atoms with Crippen LogP contribution in [0.3, 0.4) is 0 Å². The molecule has 126 valence electrons. The van der Waals surface area contributed by atoms with Crippen LogP contribution >= 0.6 is 0 Å². The Morgan fingerprint density at radius 1 is 1.09 bits per heavy atom. The average molecular weight is 313 g/mol. The van der Waals surface area contributed by atoms with Gasteiger partial charge in [-0.3, -0.25) is 0 Å². The molecule has 1 aliphatic carbocycles. The first-order valence-corrected chi connectivity index (χ1v) is 9.21. The zero-order valence-corrected chi connectivity index (χ0v) is 14.7. The van der Waals surface area contributed by atoms with Crippen molar-refractivity contribution in [1.82, 2.24) is 4.90 Å². The minimum Gasteiger partial charge on any atom is -0.373 e. The van der Waals surface area contributed by atoms with Crippen LogP contribution in [0.4, 0.5) is 0 Å². The highest BCUT2D eigenvalue weighted by molar-refractivity contribution is 5.33. The van der Waals surface area contributed by atoms with Gasteiger partial charge in [-0.1, -0.05) is 75.3 Å². The van der Waals surface area contributed by atoms with Gasteiger partial charge in [0.1, 0.15) is 0 Å². The molecule has 0 heterocycles. The van der Waals surface area contributed by atoms with E-state index in [-0.39, 0.29) is 5.92 Å². The van der Waals surface area contributed by atoms with E-state index in [0.717, 1.165) is 44.5 Å². The van der Waals surface area contributed by atoms with Crippen molar-refractivity contribution in [2.75, 3.05) is 19.6 Å².